The van der Waals surface area contributed by atoms with Gasteiger partial charge in [-0.25, -0.2) is 13.3 Å². The number of pyridine rings is 1. The van der Waals surface area contributed by atoms with Gasteiger partial charge in [0.15, 0.2) is 0 Å². The van der Waals surface area contributed by atoms with Crippen LogP contribution in [0.25, 0.3) is 10.9 Å². The molecular formula is C18H16N2O4S. The van der Waals surface area contributed by atoms with Crippen LogP contribution in [0.5, 0.6) is 0 Å². The summed E-state index contributed by atoms with van der Waals surface area (Å²) < 4.78 is 28.0. The fourth-order valence-electron chi connectivity index (χ4n) is 2.51. The van der Waals surface area contributed by atoms with Crippen molar-refractivity contribution in [3.63, 3.8) is 0 Å². The molecule has 7 heteroatoms. The van der Waals surface area contributed by atoms with Gasteiger partial charge in [0.2, 0.25) is 0 Å². The van der Waals surface area contributed by atoms with E-state index < -0.39 is 17.2 Å². The largest absolute Gasteiger partial charge is 0.462 e. The summed E-state index contributed by atoms with van der Waals surface area (Å²) in [6.07, 6.45) is 1.63. The van der Waals surface area contributed by atoms with Crippen LogP contribution in [0.4, 0.5) is 11.4 Å². The van der Waals surface area contributed by atoms with Crippen molar-refractivity contribution in [3.8, 4) is 0 Å². The highest BCUT2D eigenvalue weighted by molar-refractivity contribution is 7.81. The third-order valence-corrected chi connectivity index (χ3v) is 4.32. The molecule has 0 aliphatic heterocycles. The van der Waals surface area contributed by atoms with Gasteiger partial charge in [0.05, 0.1) is 29.1 Å². The average molecular weight is 356 g/mol. The molecule has 0 aliphatic rings. The number of benzene rings is 2. The highest BCUT2D eigenvalue weighted by Gasteiger charge is 2.19. The molecule has 0 radical (unpaired) electrons. The number of hydrogen-bond acceptors (Lipinski definition) is 4. The van der Waals surface area contributed by atoms with Crippen LogP contribution in [0.3, 0.4) is 0 Å². The van der Waals surface area contributed by atoms with Crippen LogP contribution in [-0.4, -0.2) is 26.3 Å². The minimum absolute atomic E-state index is 0.287. The molecule has 6 nitrogen and oxygen atoms in total. The number of anilines is 2. The van der Waals surface area contributed by atoms with Gasteiger partial charge in [-0.05, 0) is 43.3 Å². The first-order valence-electron chi connectivity index (χ1n) is 7.64. The van der Waals surface area contributed by atoms with Crippen LogP contribution < -0.4 is 4.31 Å². The molecule has 1 N–H and O–H groups in total. The smallest absolute Gasteiger partial charge is 0.338 e. The Bertz CT molecular complexity index is 923. The van der Waals surface area contributed by atoms with Crippen molar-refractivity contribution in [1.29, 1.82) is 0 Å². The molecule has 0 aliphatic carbocycles. The molecule has 3 aromatic rings. The van der Waals surface area contributed by atoms with Crippen molar-refractivity contribution in [2.75, 3.05) is 10.9 Å². The predicted molar refractivity (Wildman–Crippen MR) is 97.1 cm³/mol. The Labute approximate surface area is 147 Å². The minimum Gasteiger partial charge on any atom is -0.462 e. The minimum atomic E-state index is -2.30. The molecule has 2 aromatic carbocycles. The van der Waals surface area contributed by atoms with Crippen LogP contribution in [0.15, 0.2) is 60.8 Å². The Kier molecular flexibility index (Phi) is 5.06. The van der Waals surface area contributed by atoms with Gasteiger partial charge in [0.1, 0.15) is 0 Å². The summed E-state index contributed by atoms with van der Waals surface area (Å²) in [6, 6.07) is 15.4. The van der Waals surface area contributed by atoms with E-state index in [1.54, 1.807) is 55.6 Å². The van der Waals surface area contributed by atoms with Gasteiger partial charge in [-0.3, -0.25) is 9.54 Å². The molecule has 1 unspecified atom stereocenters. The fraction of sp³-hybridized carbons (Fsp3) is 0.111. The Balaban J connectivity index is 2.04. The van der Waals surface area contributed by atoms with E-state index in [4.69, 9.17) is 4.74 Å². The highest BCUT2D eigenvalue weighted by Crippen LogP contribution is 2.32. The van der Waals surface area contributed by atoms with Crippen LogP contribution in [0, 0.1) is 0 Å². The van der Waals surface area contributed by atoms with E-state index in [-0.39, 0.29) is 6.61 Å². The van der Waals surface area contributed by atoms with E-state index in [9.17, 15) is 13.6 Å². The van der Waals surface area contributed by atoms with E-state index in [0.29, 0.717) is 22.5 Å². The maximum Gasteiger partial charge on any atom is 0.338 e. The van der Waals surface area contributed by atoms with Crippen molar-refractivity contribution in [3.05, 3.63) is 66.4 Å². The number of carbonyl (C=O) groups is 1. The first-order valence-corrected chi connectivity index (χ1v) is 8.70. The molecule has 0 spiro atoms. The second-order valence-corrected chi connectivity index (χ2v) is 5.97. The molecule has 1 atom stereocenters. The van der Waals surface area contributed by atoms with Gasteiger partial charge < -0.3 is 4.74 Å². The molecule has 3 rings (SSSR count). The summed E-state index contributed by atoms with van der Waals surface area (Å²) in [5.41, 5.74) is 1.96. The zero-order valence-corrected chi connectivity index (χ0v) is 14.3. The standard InChI is InChI=1S/C18H16N2O4S/c1-2-24-18(21)14-8-10-15(11-9-14)20(25(22)23)16-7-3-5-13-6-4-12-19-17(13)16/h3-12H,2H2,1H3,(H,22,23). The third-order valence-electron chi connectivity index (χ3n) is 3.60. The third kappa shape index (κ3) is 3.52. The van der Waals surface area contributed by atoms with Crippen molar-refractivity contribution < 1.29 is 18.3 Å². The van der Waals surface area contributed by atoms with Crippen molar-refractivity contribution in [2.24, 2.45) is 0 Å². The van der Waals surface area contributed by atoms with Crippen molar-refractivity contribution in [2.45, 2.75) is 6.92 Å². The quantitative estimate of drug-likeness (QED) is 0.557. The molecule has 0 bridgehead atoms. The highest BCUT2D eigenvalue weighted by atomic mass is 32.2. The van der Waals surface area contributed by atoms with E-state index in [1.807, 2.05) is 12.1 Å². The molecule has 1 aromatic heterocycles. The molecule has 0 amide bonds. The van der Waals surface area contributed by atoms with Gasteiger partial charge in [0.25, 0.3) is 11.3 Å². The maximum absolute atomic E-state index is 12.0. The van der Waals surface area contributed by atoms with Crippen LogP contribution in [-0.2, 0) is 16.0 Å². The topological polar surface area (TPSA) is 79.7 Å². The number of carbonyl (C=O) groups excluding carboxylic acids is 1. The van der Waals surface area contributed by atoms with E-state index in [0.717, 1.165) is 5.39 Å². The Hall–Kier alpha value is -2.77. The van der Waals surface area contributed by atoms with Gasteiger partial charge >= 0.3 is 5.97 Å². The molecule has 25 heavy (non-hydrogen) atoms. The second-order valence-electron chi connectivity index (χ2n) is 5.14. The Morgan fingerprint density at radius 1 is 1.16 bits per heavy atom. The molecule has 1 heterocycles. The van der Waals surface area contributed by atoms with E-state index >= 15 is 0 Å². The molecular weight excluding hydrogens is 340 g/mol. The number of fused-ring (bicyclic) bond motifs is 1. The SMILES string of the molecule is CCOC(=O)c1ccc(N(c2cccc3cccnc23)S(=O)O)cc1. The van der Waals surface area contributed by atoms with Crippen LogP contribution in [0.1, 0.15) is 17.3 Å². The normalized spacial score (nSPS) is 11.9. The van der Waals surface area contributed by atoms with Gasteiger partial charge in [-0.1, -0.05) is 18.2 Å². The summed E-state index contributed by atoms with van der Waals surface area (Å²) in [5, 5.41) is 0.860. The Morgan fingerprint density at radius 2 is 1.88 bits per heavy atom. The number of rotatable bonds is 5. The molecule has 0 fully saturated rings. The zero-order chi connectivity index (χ0) is 17.8. The zero-order valence-electron chi connectivity index (χ0n) is 13.5. The fourth-order valence-corrected chi connectivity index (χ4v) is 3.13. The molecule has 128 valence electrons. The summed E-state index contributed by atoms with van der Waals surface area (Å²) in [6.45, 7) is 2.02. The summed E-state index contributed by atoms with van der Waals surface area (Å²) in [7, 11) is 0. The van der Waals surface area contributed by atoms with Crippen molar-refractivity contribution in [1.82, 2.24) is 4.98 Å². The number of nitrogens with zero attached hydrogens (tertiary/aromatic N) is 2. The molecule has 0 saturated carbocycles. The summed E-state index contributed by atoms with van der Waals surface area (Å²) >= 11 is -2.30. The van der Waals surface area contributed by atoms with Crippen molar-refractivity contribution >= 4 is 39.5 Å². The lowest BCUT2D eigenvalue weighted by atomic mass is 10.1. The van der Waals surface area contributed by atoms with Crippen LogP contribution in [0.2, 0.25) is 0 Å². The molecule has 0 saturated heterocycles. The Morgan fingerprint density at radius 3 is 2.56 bits per heavy atom. The van der Waals surface area contributed by atoms with E-state index in [1.165, 1.54) is 4.31 Å². The number of ether oxygens (including phenoxy) is 1. The predicted octanol–water partition coefficient (Wildman–Crippen LogP) is 3.69. The van der Waals surface area contributed by atoms with Gasteiger partial charge in [-0.15, -0.1) is 0 Å². The first-order chi connectivity index (χ1) is 12.1. The lowest BCUT2D eigenvalue weighted by molar-refractivity contribution is 0.0526. The number of hydrogen-bond donors (Lipinski definition) is 1. The monoisotopic (exact) mass is 356 g/mol. The number of esters is 1. The van der Waals surface area contributed by atoms with Crippen LogP contribution >= 0.6 is 0 Å². The first kappa shape index (κ1) is 17.1. The van der Waals surface area contributed by atoms with Gasteiger partial charge in [0, 0.05) is 11.6 Å². The second kappa shape index (κ2) is 7.42. The van der Waals surface area contributed by atoms with E-state index in [2.05, 4.69) is 4.98 Å². The lowest BCUT2D eigenvalue weighted by Crippen LogP contribution is -2.20. The lowest BCUT2D eigenvalue weighted by Gasteiger charge is -2.21. The number of aromatic nitrogens is 1. The van der Waals surface area contributed by atoms with Gasteiger partial charge in [-0.2, -0.15) is 0 Å². The maximum atomic E-state index is 12.0. The average Bonchev–Trinajstić information content (AvgIpc) is 2.62. The summed E-state index contributed by atoms with van der Waals surface area (Å²) in [5.74, 6) is -0.433. The number of para-hydroxylation sites is 1. The summed E-state index contributed by atoms with van der Waals surface area (Å²) in [4.78, 5) is 16.1.